The Balaban J connectivity index is 1.94. The highest BCUT2D eigenvalue weighted by atomic mass is 16.5. The zero-order valence-corrected chi connectivity index (χ0v) is 8.76. The summed E-state index contributed by atoms with van der Waals surface area (Å²) in [5, 5.41) is 0. The van der Waals surface area contributed by atoms with E-state index >= 15 is 0 Å². The second-order valence-electron chi connectivity index (χ2n) is 3.30. The molecule has 0 bridgehead atoms. The Kier molecular flexibility index (Phi) is 3.35. The van der Waals surface area contributed by atoms with E-state index in [1.54, 1.807) is 12.3 Å². The van der Waals surface area contributed by atoms with E-state index in [4.69, 9.17) is 10.6 Å². The lowest BCUT2D eigenvalue weighted by Crippen LogP contribution is -2.08. The van der Waals surface area contributed by atoms with Gasteiger partial charge >= 0.3 is 0 Å². The summed E-state index contributed by atoms with van der Waals surface area (Å²) in [5.74, 6) is 6.55. The van der Waals surface area contributed by atoms with Gasteiger partial charge in [0.25, 0.3) is 0 Å². The maximum absolute atomic E-state index is 5.56. The van der Waals surface area contributed by atoms with Gasteiger partial charge in [-0.2, -0.15) is 0 Å². The molecule has 0 radical (unpaired) electrons. The third-order valence-corrected chi connectivity index (χ3v) is 2.13. The van der Waals surface area contributed by atoms with E-state index in [-0.39, 0.29) is 0 Å². The van der Waals surface area contributed by atoms with Gasteiger partial charge in [-0.05, 0) is 17.7 Å². The van der Waals surface area contributed by atoms with Crippen molar-refractivity contribution < 1.29 is 4.74 Å². The average molecular weight is 215 g/mol. The molecular weight excluding hydrogens is 202 g/mol. The van der Waals surface area contributed by atoms with Crippen LogP contribution in [0.4, 0.5) is 5.82 Å². The van der Waals surface area contributed by atoms with Gasteiger partial charge in [0.15, 0.2) is 0 Å². The molecule has 1 heterocycles. The van der Waals surface area contributed by atoms with E-state index in [0.717, 1.165) is 11.3 Å². The van der Waals surface area contributed by atoms with Gasteiger partial charge in [0.1, 0.15) is 18.2 Å². The fourth-order valence-corrected chi connectivity index (χ4v) is 1.29. The maximum atomic E-state index is 5.56. The summed E-state index contributed by atoms with van der Waals surface area (Å²) in [4.78, 5) is 4.05. The van der Waals surface area contributed by atoms with Gasteiger partial charge in [-0.3, -0.25) is 0 Å². The molecule has 16 heavy (non-hydrogen) atoms. The summed E-state index contributed by atoms with van der Waals surface area (Å²) >= 11 is 0. The highest BCUT2D eigenvalue weighted by molar-refractivity contribution is 5.35. The van der Waals surface area contributed by atoms with E-state index in [0.29, 0.717) is 12.4 Å². The molecule has 1 aromatic heterocycles. The molecule has 2 aromatic rings. The summed E-state index contributed by atoms with van der Waals surface area (Å²) in [6, 6.07) is 13.6. The van der Waals surface area contributed by atoms with Crippen molar-refractivity contribution in [2.24, 2.45) is 5.84 Å². The average Bonchev–Trinajstić information content (AvgIpc) is 2.38. The number of aromatic nitrogens is 1. The van der Waals surface area contributed by atoms with Crippen LogP contribution in [0.1, 0.15) is 5.56 Å². The maximum Gasteiger partial charge on any atom is 0.140 e. The molecule has 0 aliphatic heterocycles. The summed E-state index contributed by atoms with van der Waals surface area (Å²) in [5.41, 5.74) is 3.59. The van der Waals surface area contributed by atoms with Gasteiger partial charge in [-0.1, -0.05) is 30.3 Å². The van der Waals surface area contributed by atoms with Crippen molar-refractivity contribution in [3.63, 3.8) is 0 Å². The SMILES string of the molecule is NNc1ccc(OCc2ccccc2)cn1. The number of nitrogens with zero attached hydrogens (tertiary/aromatic N) is 1. The van der Waals surface area contributed by atoms with E-state index in [2.05, 4.69) is 10.4 Å². The fourth-order valence-electron chi connectivity index (χ4n) is 1.29. The predicted octanol–water partition coefficient (Wildman–Crippen LogP) is 1.95. The largest absolute Gasteiger partial charge is 0.487 e. The van der Waals surface area contributed by atoms with Crippen molar-refractivity contribution in [2.45, 2.75) is 6.61 Å². The minimum Gasteiger partial charge on any atom is -0.487 e. The molecule has 0 amide bonds. The molecule has 3 N–H and O–H groups in total. The molecule has 4 nitrogen and oxygen atoms in total. The number of nitrogens with one attached hydrogen (secondary N) is 1. The number of hydrogen-bond donors (Lipinski definition) is 2. The Hall–Kier alpha value is -2.07. The zero-order valence-electron chi connectivity index (χ0n) is 8.76. The van der Waals surface area contributed by atoms with Crippen LogP contribution in [-0.2, 0) is 6.61 Å². The van der Waals surface area contributed by atoms with Crippen molar-refractivity contribution in [3.8, 4) is 5.75 Å². The lowest BCUT2D eigenvalue weighted by atomic mass is 10.2. The molecule has 1 aromatic carbocycles. The van der Waals surface area contributed by atoms with Crippen LogP contribution in [0.15, 0.2) is 48.7 Å². The van der Waals surface area contributed by atoms with Crippen LogP contribution < -0.4 is 16.0 Å². The summed E-state index contributed by atoms with van der Waals surface area (Å²) in [6.45, 7) is 0.540. The minimum absolute atomic E-state index is 0.540. The van der Waals surface area contributed by atoms with Crippen molar-refractivity contribution in [3.05, 3.63) is 54.2 Å². The van der Waals surface area contributed by atoms with E-state index in [9.17, 15) is 0 Å². The first-order chi connectivity index (χ1) is 7.88. The van der Waals surface area contributed by atoms with E-state index in [1.165, 1.54) is 0 Å². The topological polar surface area (TPSA) is 60.2 Å². The molecule has 0 unspecified atom stereocenters. The van der Waals surface area contributed by atoms with Gasteiger partial charge < -0.3 is 10.2 Å². The number of anilines is 1. The highest BCUT2D eigenvalue weighted by Gasteiger charge is 1.96. The number of rotatable bonds is 4. The van der Waals surface area contributed by atoms with Crippen LogP contribution in [0.5, 0.6) is 5.75 Å². The van der Waals surface area contributed by atoms with Crippen LogP contribution in [-0.4, -0.2) is 4.98 Å². The fraction of sp³-hybridized carbons (Fsp3) is 0.0833. The normalized spacial score (nSPS) is 9.81. The number of pyridine rings is 1. The van der Waals surface area contributed by atoms with E-state index < -0.39 is 0 Å². The minimum atomic E-state index is 0.540. The third-order valence-electron chi connectivity index (χ3n) is 2.13. The lowest BCUT2D eigenvalue weighted by molar-refractivity contribution is 0.305. The molecule has 4 heteroatoms. The number of nitrogen functional groups attached to an aromatic ring is 1. The first kappa shape index (κ1) is 10.4. The standard InChI is InChI=1S/C12H13N3O/c13-15-12-7-6-11(8-14-12)16-9-10-4-2-1-3-5-10/h1-8H,9,13H2,(H,14,15). The predicted molar refractivity (Wildman–Crippen MR) is 62.8 cm³/mol. The third kappa shape index (κ3) is 2.71. The molecule has 2 rings (SSSR count). The number of hydrogen-bond acceptors (Lipinski definition) is 4. The van der Waals surface area contributed by atoms with Gasteiger partial charge in [0.2, 0.25) is 0 Å². The molecule has 0 atom stereocenters. The van der Waals surface area contributed by atoms with Gasteiger partial charge in [0.05, 0.1) is 6.20 Å². The molecule has 0 saturated carbocycles. The number of benzene rings is 1. The molecule has 0 saturated heterocycles. The van der Waals surface area contributed by atoms with Gasteiger partial charge in [-0.25, -0.2) is 10.8 Å². The van der Waals surface area contributed by atoms with Crippen molar-refractivity contribution in [2.75, 3.05) is 5.43 Å². The monoisotopic (exact) mass is 215 g/mol. The number of ether oxygens (including phenoxy) is 1. The summed E-state index contributed by atoms with van der Waals surface area (Å²) < 4.78 is 5.56. The molecule has 0 spiro atoms. The van der Waals surface area contributed by atoms with Crippen LogP contribution >= 0.6 is 0 Å². The smallest absolute Gasteiger partial charge is 0.140 e. The van der Waals surface area contributed by atoms with Crippen molar-refractivity contribution >= 4 is 5.82 Å². The van der Waals surface area contributed by atoms with Crippen molar-refractivity contribution in [1.29, 1.82) is 0 Å². The van der Waals surface area contributed by atoms with Gasteiger partial charge in [-0.15, -0.1) is 0 Å². The molecule has 0 aliphatic rings. The van der Waals surface area contributed by atoms with Crippen LogP contribution in [0.2, 0.25) is 0 Å². The number of nitrogens with two attached hydrogens (primary N) is 1. The quantitative estimate of drug-likeness (QED) is 0.604. The summed E-state index contributed by atoms with van der Waals surface area (Å²) in [6.07, 6.45) is 1.64. The van der Waals surface area contributed by atoms with Crippen LogP contribution in [0.25, 0.3) is 0 Å². The second-order valence-corrected chi connectivity index (χ2v) is 3.30. The van der Waals surface area contributed by atoms with Crippen molar-refractivity contribution in [1.82, 2.24) is 4.98 Å². The van der Waals surface area contributed by atoms with E-state index in [1.807, 2.05) is 36.4 Å². The molecule has 0 aliphatic carbocycles. The second kappa shape index (κ2) is 5.14. The van der Waals surface area contributed by atoms with Crippen LogP contribution in [0.3, 0.4) is 0 Å². The zero-order chi connectivity index (χ0) is 11.2. The molecule has 82 valence electrons. The number of hydrazine groups is 1. The van der Waals surface area contributed by atoms with Crippen LogP contribution in [0, 0.1) is 0 Å². The Labute approximate surface area is 94.0 Å². The first-order valence-corrected chi connectivity index (χ1v) is 4.98. The van der Waals surface area contributed by atoms with Gasteiger partial charge in [0, 0.05) is 0 Å². The molecular formula is C12H13N3O. The lowest BCUT2D eigenvalue weighted by Gasteiger charge is -2.06. The first-order valence-electron chi connectivity index (χ1n) is 4.98. The molecule has 0 fully saturated rings. The Morgan fingerprint density at radius 3 is 2.56 bits per heavy atom. The Morgan fingerprint density at radius 1 is 1.12 bits per heavy atom. The highest BCUT2D eigenvalue weighted by Crippen LogP contribution is 2.13. The summed E-state index contributed by atoms with van der Waals surface area (Å²) in [7, 11) is 0. The Morgan fingerprint density at radius 2 is 1.94 bits per heavy atom. The Bertz CT molecular complexity index is 428.